The third-order valence-corrected chi connectivity index (χ3v) is 5.33. The highest BCUT2D eigenvalue weighted by atomic mass is 79.9. The second kappa shape index (κ2) is 5.77. The van der Waals surface area contributed by atoms with Crippen molar-refractivity contribution in [2.75, 3.05) is 5.73 Å². The Hall–Kier alpha value is -1.02. The lowest BCUT2D eigenvalue weighted by atomic mass is 10.2. The first kappa shape index (κ1) is 15.4. The lowest BCUT2D eigenvalue weighted by molar-refractivity contribution is 0.597. The van der Waals surface area contributed by atoms with Crippen LogP contribution in [-0.2, 0) is 10.0 Å². The lowest BCUT2D eigenvalue weighted by Gasteiger charge is -2.11. The van der Waals surface area contributed by atoms with Gasteiger partial charge in [0.15, 0.2) is 0 Å². The highest BCUT2D eigenvalue weighted by Gasteiger charge is 2.16. The summed E-state index contributed by atoms with van der Waals surface area (Å²) in [6.07, 6.45) is 0. The number of halogens is 1. The first-order chi connectivity index (χ1) is 9.27. The average Bonchev–Trinajstić information content (AvgIpc) is 2.32. The van der Waals surface area contributed by atoms with Crippen molar-refractivity contribution in [3.8, 4) is 0 Å². The molecule has 0 radical (unpaired) electrons. The van der Waals surface area contributed by atoms with E-state index in [1.165, 1.54) is 17.8 Å². The van der Waals surface area contributed by atoms with E-state index in [4.69, 9.17) is 10.9 Å². The van der Waals surface area contributed by atoms with Gasteiger partial charge in [-0.05, 0) is 42.8 Å². The van der Waals surface area contributed by atoms with E-state index < -0.39 is 10.0 Å². The van der Waals surface area contributed by atoms with Gasteiger partial charge >= 0.3 is 0 Å². The summed E-state index contributed by atoms with van der Waals surface area (Å²) in [5.41, 5.74) is 6.74. The summed E-state index contributed by atoms with van der Waals surface area (Å²) in [6, 6.07) is 10.9. The molecule has 0 heterocycles. The van der Waals surface area contributed by atoms with Crippen LogP contribution in [0.2, 0.25) is 0 Å². The van der Waals surface area contributed by atoms with Gasteiger partial charge in [-0.1, -0.05) is 33.8 Å². The van der Waals surface area contributed by atoms with Gasteiger partial charge in [0.1, 0.15) is 0 Å². The van der Waals surface area contributed by atoms with E-state index in [0.29, 0.717) is 11.3 Å². The summed E-state index contributed by atoms with van der Waals surface area (Å²) >= 11 is 4.84. The maximum Gasteiger partial charge on any atom is 0.238 e. The fourth-order valence-corrected chi connectivity index (χ4v) is 4.24. The Bertz CT molecular complexity index is 761. The van der Waals surface area contributed by atoms with Crippen LogP contribution < -0.4 is 10.9 Å². The molecule has 0 saturated carbocycles. The van der Waals surface area contributed by atoms with Gasteiger partial charge in [-0.25, -0.2) is 13.6 Å². The predicted octanol–water partition coefficient (Wildman–Crippen LogP) is 3.14. The van der Waals surface area contributed by atoms with E-state index in [-0.39, 0.29) is 4.90 Å². The number of nitrogens with two attached hydrogens (primary N) is 2. The molecule has 2 rings (SSSR count). The Morgan fingerprint density at radius 2 is 1.90 bits per heavy atom. The molecule has 0 aromatic heterocycles. The fraction of sp³-hybridized carbons (Fsp3) is 0.0769. The Balaban J connectivity index is 2.50. The van der Waals surface area contributed by atoms with Gasteiger partial charge < -0.3 is 5.73 Å². The van der Waals surface area contributed by atoms with E-state index in [9.17, 15) is 8.42 Å². The van der Waals surface area contributed by atoms with E-state index >= 15 is 0 Å². The molecule has 0 amide bonds. The molecule has 0 saturated heterocycles. The van der Waals surface area contributed by atoms with Crippen LogP contribution in [0.15, 0.2) is 55.6 Å². The standard InChI is InChI=1S/C13H13BrN2O2S2/c1-8-12(19-11-4-2-3-9(14)5-11)6-10(15)7-13(8)20(16,17)18/h2-7H,15H2,1H3,(H2,16,17,18). The summed E-state index contributed by atoms with van der Waals surface area (Å²) in [6.45, 7) is 1.72. The van der Waals surface area contributed by atoms with Crippen LogP contribution in [0, 0.1) is 6.92 Å². The molecule has 2 aromatic carbocycles. The molecule has 106 valence electrons. The minimum Gasteiger partial charge on any atom is -0.399 e. The van der Waals surface area contributed by atoms with Crippen molar-refractivity contribution in [3.05, 3.63) is 46.4 Å². The molecule has 4 N–H and O–H groups in total. The zero-order valence-corrected chi connectivity index (χ0v) is 13.8. The van der Waals surface area contributed by atoms with Crippen molar-refractivity contribution >= 4 is 43.4 Å². The van der Waals surface area contributed by atoms with Gasteiger partial charge in [0, 0.05) is 20.0 Å². The molecule has 2 aromatic rings. The highest BCUT2D eigenvalue weighted by Crippen LogP contribution is 2.35. The highest BCUT2D eigenvalue weighted by molar-refractivity contribution is 9.10. The first-order valence-electron chi connectivity index (χ1n) is 5.64. The molecule has 0 atom stereocenters. The second-order valence-electron chi connectivity index (χ2n) is 4.25. The molecule has 4 nitrogen and oxygen atoms in total. The predicted molar refractivity (Wildman–Crippen MR) is 85.2 cm³/mol. The Morgan fingerprint density at radius 1 is 1.20 bits per heavy atom. The summed E-state index contributed by atoms with van der Waals surface area (Å²) < 4.78 is 24.1. The molecular formula is C13H13BrN2O2S2. The van der Waals surface area contributed by atoms with E-state index in [1.807, 2.05) is 24.3 Å². The quantitative estimate of drug-likeness (QED) is 0.810. The fourth-order valence-electron chi connectivity index (χ4n) is 1.74. The number of primary sulfonamides is 1. The van der Waals surface area contributed by atoms with E-state index in [1.54, 1.807) is 13.0 Å². The van der Waals surface area contributed by atoms with Crippen LogP contribution >= 0.6 is 27.7 Å². The number of rotatable bonds is 3. The van der Waals surface area contributed by atoms with Gasteiger partial charge in [0.2, 0.25) is 10.0 Å². The number of sulfonamides is 1. The first-order valence-corrected chi connectivity index (χ1v) is 8.79. The Morgan fingerprint density at radius 3 is 2.50 bits per heavy atom. The van der Waals surface area contributed by atoms with Crippen molar-refractivity contribution < 1.29 is 8.42 Å². The summed E-state index contributed by atoms with van der Waals surface area (Å²) in [4.78, 5) is 1.82. The molecule has 20 heavy (non-hydrogen) atoms. The minimum absolute atomic E-state index is 0.0648. The normalized spacial score (nSPS) is 11.6. The summed E-state index contributed by atoms with van der Waals surface area (Å²) in [7, 11) is -3.78. The Labute approximate surface area is 130 Å². The molecule has 0 fully saturated rings. The number of benzene rings is 2. The van der Waals surface area contributed by atoms with Crippen molar-refractivity contribution in [1.29, 1.82) is 0 Å². The topological polar surface area (TPSA) is 86.2 Å². The molecule has 7 heteroatoms. The SMILES string of the molecule is Cc1c(Sc2cccc(Br)c2)cc(N)cc1S(N)(=O)=O. The van der Waals surface area contributed by atoms with Gasteiger partial charge in [-0.2, -0.15) is 0 Å². The molecule has 0 aliphatic carbocycles. The van der Waals surface area contributed by atoms with Gasteiger partial charge in [0.25, 0.3) is 0 Å². The van der Waals surface area contributed by atoms with Crippen LogP contribution in [-0.4, -0.2) is 8.42 Å². The van der Waals surface area contributed by atoms with Crippen LogP contribution in [0.5, 0.6) is 0 Å². The van der Waals surface area contributed by atoms with Gasteiger partial charge in [-0.3, -0.25) is 0 Å². The third-order valence-electron chi connectivity index (χ3n) is 2.67. The molecular weight excluding hydrogens is 360 g/mol. The van der Waals surface area contributed by atoms with Crippen LogP contribution in [0.4, 0.5) is 5.69 Å². The molecule has 0 aliphatic rings. The number of nitrogen functional groups attached to an aromatic ring is 1. The smallest absolute Gasteiger partial charge is 0.238 e. The van der Waals surface area contributed by atoms with E-state index in [0.717, 1.165) is 14.3 Å². The maximum atomic E-state index is 11.6. The largest absolute Gasteiger partial charge is 0.399 e. The second-order valence-corrected chi connectivity index (χ2v) is 7.81. The lowest BCUT2D eigenvalue weighted by Crippen LogP contribution is -2.14. The van der Waals surface area contributed by atoms with Crippen LogP contribution in [0.25, 0.3) is 0 Å². The number of hydrogen-bond donors (Lipinski definition) is 2. The zero-order valence-electron chi connectivity index (χ0n) is 10.6. The van der Waals surface area contributed by atoms with Crippen LogP contribution in [0.1, 0.15) is 5.56 Å². The molecule has 0 bridgehead atoms. The Kier molecular flexibility index (Phi) is 4.43. The van der Waals surface area contributed by atoms with Crippen LogP contribution in [0.3, 0.4) is 0 Å². The molecule has 0 spiro atoms. The van der Waals surface area contributed by atoms with E-state index in [2.05, 4.69) is 15.9 Å². The number of hydrogen-bond acceptors (Lipinski definition) is 4. The maximum absolute atomic E-state index is 11.6. The molecule has 0 unspecified atom stereocenters. The third kappa shape index (κ3) is 3.54. The van der Waals surface area contributed by atoms with Gasteiger partial charge in [0.05, 0.1) is 4.90 Å². The van der Waals surface area contributed by atoms with Crippen molar-refractivity contribution in [3.63, 3.8) is 0 Å². The van der Waals surface area contributed by atoms with Gasteiger partial charge in [-0.15, -0.1) is 0 Å². The molecule has 0 aliphatic heterocycles. The average molecular weight is 373 g/mol. The van der Waals surface area contributed by atoms with Crippen molar-refractivity contribution in [2.24, 2.45) is 5.14 Å². The summed E-state index contributed by atoms with van der Waals surface area (Å²) in [5.74, 6) is 0. The number of anilines is 1. The van der Waals surface area contributed by atoms with Crippen molar-refractivity contribution in [1.82, 2.24) is 0 Å². The minimum atomic E-state index is -3.78. The monoisotopic (exact) mass is 372 g/mol. The zero-order chi connectivity index (χ0) is 14.9. The van der Waals surface area contributed by atoms with Crippen molar-refractivity contribution in [2.45, 2.75) is 21.6 Å². The summed E-state index contributed by atoms with van der Waals surface area (Å²) in [5, 5.41) is 5.21.